The number of carbonyl (C=O) groups is 1. The highest BCUT2D eigenvalue weighted by molar-refractivity contribution is 5.94. The molecule has 1 aliphatic rings. The van der Waals surface area contributed by atoms with E-state index in [-0.39, 0.29) is 11.7 Å². The van der Waals surface area contributed by atoms with Crippen LogP contribution in [0.4, 0.5) is 10.3 Å². The van der Waals surface area contributed by atoms with Crippen LogP contribution in [0.25, 0.3) is 0 Å². The second-order valence-electron chi connectivity index (χ2n) is 7.04. The van der Waals surface area contributed by atoms with Gasteiger partial charge in [0.2, 0.25) is 0 Å². The summed E-state index contributed by atoms with van der Waals surface area (Å²) in [5, 5.41) is 0. The fourth-order valence-electron chi connectivity index (χ4n) is 3.49. The third-order valence-electron chi connectivity index (χ3n) is 4.97. The minimum Gasteiger partial charge on any atom is -0.467 e. The number of furan rings is 2. The number of hydrogen-bond donors (Lipinski definition) is 0. The molecule has 2 aromatic heterocycles. The van der Waals surface area contributed by atoms with Gasteiger partial charge >= 0.3 is 0 Å². The van der Waals surface area contributed by atoms with Crippen molar-refractivity contribution in [3.05, 3.63) is 77.7 Å². The van der Waals surface area contributed by atoms with Crippen molar-refractivity contribution in [1.82, 2.24) is 4.90 Å². The molecule has 1 saturated heterocycles. The molecule has 0 unspecified atom stereocenters. The Labute approximate surface area is 163 Å². The third kappa shape index (κ3) is 4.27. The van der Waals surface area contributed by atoms with E-state index in [0.717, 1.165) is 19.0 Å². The van der Waals surface area contributed by atoms with Crippen LogP contribution in [0.2, 0.25) is 0 Å². The molecule has 0 radical (unpaired) electrons. The van der Waals surface area contributed by atoms with Crippen LogP contribution in [0.15, 0.2) is 63.6 Å². The molecule has 0 N–H and O–H groups in total. The Hall–Kier alpha value is -3.02. The van der Waals surface area contributed by atoms with Gasteiger partial charge in [-0.2, -0.15) is 0 Å². The normalized spacial score (nSPS) is 14.2. The van der Waals surface area contributed by atoms with Gasteiger partial charge in [0.05, 0.1) is 19.4 Å². The van der Waals surface area contributed by atoms with Crippen molar-refractivity contribution >= 4 is 11.8 Å². The smallest absolute Gasteiger partial charge is 0.254 e. The zero-order valence-corrected chi connectivity index (χ0v) is 15.6. The maximum absolute atomic E-state index is 13.2. The maximum atomic E-state index is 13.2. The lowest BCUT2D eigenvalue weighted by atomic mass is 10.1. The molecular formula is C22H23FN2O3. The molecule has 6 heteroatoms. The molecule has 0 atom stereocenters. The molecule has 0 saturated carbocycles. The molecule has 1 fully saturated rings. The van der Waals surface area contributed by atoms with Crippen molar-refractivity contribution in [2.45, 2.75) is 32.4 Å². The van der Waals surface area contributed by atoms with Gasteiger partial charge in [0.25, 0.3) is 5.91 Å². The number of amides is 1. The molecule has 1 aliphatic heterocycles. The van der Waals surface area contributed by atoms with Crippen molar-refractivity contribution < 1.29 is 18.0 Å². The van der Waals surface area contributed by atoms with E-state index < -0.39 is 0 Å². The van der Waals surface area contributed by atoms with Crippen molar-refractivity contribution in [3.63, 3.8) is 0 Å². The summed E-state index contributed by atoms with van der Waals surface area (Å²) in [6.45, 7) is 2.61. The van der Waals surface area contributed by atoms with Gasteiger partial charge in [0.1, 0.15) is 17.3 Å². The number of rotatable bonds is 6. The first-order valence-corrected chi connectivity index (χ1v) is 9.60. The van der Waals surface area contributed by atoms with Crippen molar-refractivity contribution in [2.24, 2.45) is 0 Å². The quantitative estimate of drug-likeness (QED) is 0.612. The van der Waals surface area contributed by atoms with Crippen LogP contribution in [0.1, 0.15) is 41.1 Å². The van der Waals surface area contributed by atoms with Crippen LogP contribution >= 0.6 is 0 Å². The summed E-state index contributed by atoms with van der Waals surface area (Å²) in [7, 11) is 0. The largest absolute Gasteiger partial charge is 0.467 e. The van der Waals surface area contributed by atoms with Gasteiger partial charge in [-0.1, -0.05) is 0 Å². The summed E-state index contributed by atoms with van der Waals surface area (Å²) < 4.78 is 24.7. The highest BCUT2D eigenvalue weighted by Gasteiger charge is 2.21. The lowest BCUT2D eigenvalue weighted by Crippen LogP contribution is -2.30. The molecule has 5 nitrogen and oxygen atoms in total. The van der Waals surface area contributed by atoms with Crippen LogP contribution < -0.4 is 4.90 Å². The number of anilines is 1. The summed E-state index contributed by atoms with van der Waals surface area (Å²) in [6.07, 6.45) is 5.18. The first-order chi connectivity index (χ1) is 13.7. The molecule has 0 spiro atoms. The highest BCUT2D eigenvalue weighted by atomic mass is 19.1. The minimum atomic E-state index is -0.369. The summed E-state index contributed by atoms with van der Waals surface area (Å²) in [4.78, 5) is 16.9. The lowest BCUT2D eigenvalue weighted by Gasteiger charge is -2.26. The molecular weight excluding hydrogens is 359 g/mol. The Morgan fingerprint density at radius 2 is 1.71 bits per heavy atom. The van der Waals surface area contributed by atoms with Gasteiger partial charge in [-0.05, 0) is 61.7 Å². The van der Waals surface area contributed by atoms with E-state index >= 15 is 0 Å². The average Bonchev–Trinajstić information content (AvgIpc) is 3.40. The summed E-state index contributed by atoms with van der Waals surface area (Å²) in [6, 6.07) is 13.1. The molecule has 0 bridgehead atoms. The zero-order chi connectivity index (χ0) is 19.3. The minimum absolute atomic E-state index is 0.202. The number of halogens is 1. The first-order valence-electron chi connectivity index (χ1n) is 9.60. The SMILES string of the molecule is O=C(c1ccc(F)cc1)N(Cc1ccco1)Cc1ccc(N2CCCCC2)o1. The summed E-state index contributed by atoms with van der Waals surface area (Å²) >= 11 is 0. The predicted octanol–water partition coefficient (Wildman–Crippen LogP) is 4.84. The predicted molar refractivity (Wildman–Crippen MR) is 103 cm³/mol. The van der Waals surface area contributed by atoms with Gasteiger partial charge in [-0.25, -0.2) is 4.39 Å². The van der Waals surface area contributed by atoms with Crippen LogP contribution in [-0.4, -0.2) is 23.9 Å². The molecule has 28 heavy (non-hydrogen) atoms. The highest BCUT2D eigenvalue weighted by Crippen LogP contribution is 2.24. The Morgan fingerprint density at radius 1 is 0.964 bits per heavy atom. The summed E-state index contributed by atoms with van der Waals surface area (Å²) in [5.41, 5.74) is 0.427. The van der Waals surface area contributed by atoms with Gasteiger partial charge in [0.15, 0.2) is 5.88 Å². The number of benzene rings is 1. The van der Waals surface area contributed by atoms with E-state index in [4.69, 9.17) is 8.83 Å². The second kappa shape index (κ2) is 8.33. The Kier molecular flexibility index (Phi) is 5.46. The average molecular weight is 382 g/mol. The Morgan fingerprint density at radius 3 is 2.43 bits per heavy atom. The van der Waals surface area contributed by atoms with E-state index in [0.29, 0.717) is 30.2 Å². The fraction of sp³-hybridized carbons (Fsp3) is 0.318. The molecule has 0 aliphatic carbocycles. The van der Waals surface area contributed by atoms with E-state index in [2.05, 4.69) is 4.90 Å². The zero-order valence-electron chi connectivity index (χ0n) is 15.6. The standard InChI is InChI=1S/C22H23FN2O3/c23-18-8-6-17(7-9-18)22(26)25(15-19-5-4-14-27-19)16-20-10-11-21(28-20)24-12-2-1-3-13-24/h4-11,14H,1-3,12-13,15-16H2. The Balaban J connectivity index is 1.52. The van der Waals surface area contributed by atoms with E-state index in [1.54, 1.807) is 17.2 Å². The van der Waals surface area contributed by atoms with Crippen molar-refractivity contribution in [3.8, 4) is 0 Å². The van der Waals surface area contributed by atoms with Crippen LogP contribution in [0.3, 0.4) is 0 Å². The molecule has 1 amide bonds. The van der Waals surface area contributed by atoms with Crippen LogP contribution in [-0.2, 0) is 13.1 Å². The number of carbonyl (C=O) groups excluding carboxylic acids is 1. The third-order valence-corrected chi connectivity index (χ3v) is 4.97. The molecule has 4 rings (SSSR count). The Bertz CT molecular complexity index is 896. The number of nitrogens with zero attached hydrogens (tertiary/aromatic N) is 2. The van der Waals surface area contributed by atoms with Crippen LogP contribution in [0, 0.1) is 5.82 Å². The second-order valence-corrected chi connectivity index (χ2v) is 7.04. The van der Waals surface area contributed by atoms with E-state index in [1.807, 2.05) is 18.2 Å². The van der Waals surface area contributed by atoms with Crippen molar-refractivity contribution in [2.75, 3.05) is 18.0 Å². The number of hydrogen-bond acceptors (Lipinski definition) is 4. The lowest BCUT2D eigenvalue weighted by molar-refractivity contribution is 0.0705. The molecule has 1 aromatic carbocycles. The van der Waals surface area contributed by atoms with E-state index in [1.165, 1.54) is 43.5 Å². The topological polar surface area (TPSA) is 49.8 Å². The number of piperidine rings is 1. The van der Waals surface area contributed by atoms with E-state index in [9.17, 15) is 9.18 Å². The summed E-state index contributed by atoms with van der Waals surface area (Å²) in [5.74, 6) is 1.67. The first kappa shape index (κ1) is 18.3. The van der Waals surface area contributed by atoms with Gasteiger partial charge in [-0.3, -0.25) is 4.79 Å². The van der Waals surface area contributed by atoms with Gasteiger partial charge in [0, 0.05) is 24.7 Å². The maximum Gasteiger partial charge on any atom is 0.254 e. The monoisotopic (exact) mass is 382 g/mol. The molecule has 3 aromatic rings. The van der Waals surface area contributed by atoms with Crippen molar-refractivity contribution in [1.29, 1.82) is 0 Å². The molecule has 146 valence electrons. The molecule has 3 heterocycles. The van der Waals surface area contributed by atoms with Gasteiger partial charge in [-0.15, -0.1) is 0 Å². The van der Waals surface area contributed by atoms with Gasteiger partial charge < -0.3 is 18.6 Å². The van der Waals surface area contributed by atoms with Crippen LogP contribution in [0.5, 0.6) is 0 Å². The fourth-order valence-corrected chi connectivity index (χ4v) is 3.49.